The molecule has 8 aromatic carbocycles. The third kappa shape index (κ3) is 12.6. The summed E-state index contributed by atoms with van der Waals surface area (Å²) in [6.07, 6.45) is 24.7. The van der Waals surface area contributed by atoms with Crippen molar-refractivity contribution in [3.63, 3.8) is 0 Å². The average Bonchev–Trinajstić information content (AvgIpc) is 4.33. The Morgan fingerprint density at radius 3 is 0.595 bits per heavy atom. The average molecular weight is 1360 g/mol. The minimum Gasteiger partial charge on any atom is -1.00 e. The number of halogens is 2. The Hall–Kier alpha value is -5.57. The van der Waals surface area contributed by atoms with Crippen LogP contribution in [0.25, 0.3) is 22.3 Å². The first-order valence-corrected chi connectivity index (χ1v) is 46.3. The standard InChI is InChI=1S/2C12H10Si.4C11H9.2ClH.2Hf/c2*1-3-7-11(8-4-1)13-12-9-5-2-6-10-12;4*1-2-6-10(7-3-1)11-8-4-5-9-11;;;;/h2*1-10H;4*1-3,6-9H,4H2;2*1H;;/p-2. The molecule has 0 N–H and O–H groups in total. The first kappa shape index (κ1) is 53.3. The zero-order valence-corrected chi connectivity index (χ0v) is 52.0. The van der Waals surface area contributed by atoms with Crippen LogP contribution in [-0.4, -0.2) is 11.0 Å². The maximum Gasteiger partial charge on any atom is -1.00 e. The smallest absolute Gasteiger partial charge is 1.00 e. The van der Waals surface area contributed by atoms with Crippen LogP contribution < -0.4 is 45.6 Å². The normalized spacial score (nSPS) is 14.2. The molecule has 4 aliphatic carbocycles. The van der Waals surface area contributed by atoms with Crippen molar-refractivity contribution >= 4 is 54.0 Å². The molecule has 0 unspecified atom stereocenters. The minimum absolute atomic E-state index is 0. The van der Waals surface area contributed by atoms with Gasteiger partial charge in [0, 0.05) is 0 Å². The number of allylic oxidation sites excluding steroid dienone is 16. The van der Waals surface area contributed by atoms with Crippen molar-refractivity contribution in [2.45, 2.75) is 25.7 Å². The molecule has 12 rings (SSSR count). The Labute approximate surface area is 466 Å². The molecule has 0 aromatic heterocycles. The summed E-state index contributed by atoms with van der Waals surface area (Å²) in [4.78, 5) is 0. The first-order valence-electron chi connectivity index (χ1n) is 25.3. The van der Waals surface area contributed by atoms with Crippen LogP contribution in [0.4, 0.5) is 0 Å². The van der Waals surface area contributed by atoms with Crippen LogP contribution in [-0.2, 0) is 40.1 Å². The molecule has 0 saturated heterocycles. The van der Waals surface area contributed by atoms with Crippen LogP contribution in [0.15, 0.2) is 305 Å². The molecule has 74 heavy (non-hydrogen) atoms. The second kappa shape index (κ2) is 26.3. The zero-order valence-electron chi connectivity index (χ0n) is 41.3. The molecule has 0 nitrogen and oxygen atoms in total. The molecular formula is C68H56Cl2Hf2Si2-2. The van der Waals surface area contributed by atoms with E-state index in [1.54, 1.807) is 34.1 Å². The van der Waals surface area contributed by atoms with Crippen molar-refractivity contribution < 1.29 is 64.9 Å². The summed E-state index contributed by atoms with van der Waals surface area (Å²) in [6, 6.07) is 89.4. The van der Waals surface area contributed by atoms with E-state index in [2.05, 4.69) is 291 Å². The van der Waals surface area contributed by atoms with Gasteiger partial charge in [-0.05, 0) is 0 Å². The molecule has 0 bridgehead atoms. The van der Waals surface area contributed by atoms with Crippen molar-refractivity contribution in [1.82, 2.24) is 0 Å². The van der Waals surface area contributed by atoms with Gasteiger partial charge in [0.05, 0.1) is 0 Å². The van der Waals surface area contributed by atoms with E-state index in [1.165, 1.54) is 44.5 Å². The van der Waals surface area contributed by atoms with E-state index in [9.17, 15) is 0 Å². The fourth-order valence-corrected chi connectivity index (χ4v) is 66.6. The zero-order chi connectivity index (χ0) is 48.3. The van der Waals surface area contributed by atoms with Crippen LogP contribution >= 0.6 is 0 Å². The summed E-state index contributed by atoms with van der Waals surface area (Å²) in [6.45, 7) is 0. The van der Waals surface area contributed by atoms with Gasteiger partial charge in [0.15, 0.2) is 0 Å². The van der Waals surface area contributed by atoms with Crippen LogP contribution in [0.1, 0.15) is 47.9 Å². The topological polar surface area (TPSA) is 0 Å². The molecule has 0 aliphatic heterocycles. The molecule has 0 saturated carbocycles. The van der Waals surface area contributed by atoms with Gasteiger partial charge in [-0.15, -0.1) is 0 Å². The summed E-state index contributed by atoms with van der Waals surface area (Å²) in [7, 11) is 0. The SMILES string of the molecule is C1=C(c2ccccc2)C=[C]([Hf]([C]2=CC(c3ccccc3)=CC2)=[Si](c2ccccc2)c2ccccc2)C1.C1=C(c2ccccc2)C=[C]([Hf]([C]2=CC(c3ccccc3)=CC2)=[Si](c2ccccc2)c2ccccc2)C1.[Cl-].[Cl-]. The monoisotopic (exact) mass is 1360 g/mol. The predicted octanol–water partition coefficient (Wildman–Crippen LogP) is 8.31. The van der Waals surface area contributed by atoms with Crippen molar-refractivity contribution in [2.75, 3.05) is 0 Å². The summed E-state index contributed by atoms with van der Waals surface area (Å²) >= 11 is -5.06. The summed E-state index contributed by atoms with van der Waals surface area (Å²) in [5.74, 6) is 0. The van der Waals surface area contributed by atoms with Gasteiger partial charge >= 0.3 is 447 Å². The second-order valence-corrected chi connectivity index (χ2v) is 56.0. The van der Waals surface area contributed by atoms with Gasteiger partial charge in [-0.25, -0.2) is 0 Å². The molecule has 360 valence electrons. The molecule has 0 amide bonds. The van der Waals surface area contributed by atoms with Gasteiger partial charge < -0.3 is 24.8 Å². The third-order valence-corrected chi connectivity index (χ3v) is 66.6. The Balaban J connectivity index is 0.000000177. The number of benzene rings is 8. The predicted molar refractivity (Wildman–Crippen MR) is 304 cm³/mol. The fraction of sp³-hybridized carbons (Fsp3) is 0.0588. The van der Waals surface area contributed by atoms with E-state index in [4.69, 9.17) is 0 Å². The van der Waals surface area contributed by atoms with Gasteiger partial charge in [-0.3, -0.25) is 0 Å². The van der Waals surface area contributed by atoms with Crippen LogP contribution in [0.3, 0.4) is 0 Å². The molecule has 0 radical (unpaired) electrons. The van der Waals surface area contributed by atoms with E-state index < -0.39 is 51.1 Å². The largest absolute Gasteiger partial charge is 1.00 e. The van der Waals surface area contributed by atoms with Gasteiger partial charge in [0.2, 0.25) is 0 Å². The number of rotatable bonds is 12. The molecule has 0 heterocycles. The Kier molecular flexibility index (Phi) is 18.9. The van der Waals surface area contributed by atoms with Crippen LogP contribution in [0, 0.1) is 0 Å². The molecular weight excluding hydrogens is 1300 g/mol. The third-order valence-electron chi connectivity index (χ3n) is 13.9. The van der Waals surface area contributed by atoms with Crippen LogP contribution in [0.5, 0.6) is 0 Å². The molecule has 0 fully saturated rings. The summed E-state index contributed by atoms with van der Waals surface area (Å²) < 4.78 is 7.03. The molecule has 4 aliphatic rings. The van der Waals surface area contributed by atoms with E-state index in [-0.39, 0.29) is 24.8 Å². The van der Waals surface area contributed by atoms with Gasteiger partial charge in [-0.2, -0.15) is 0 Å². The number of hydrogen-bond acceptors (Lipinski definition) is 0. The summed E-state index contributed by atoms with van der Waals surface area (Å²) in [5, 5.41) is 6.27. The van der Waals surface area contributed by atoms with Gasteiger partial charge in [0.1, 0.15) is 0 Å². The van der Waals surface area contributed by atoms with Crippen LogP contribution in [0.2, 0.25) is 0 Å². The van der Waals surface area contributed by atoms with Gasteiger partial charge in [-0.1, -0.05) is 0 Å². The fourth-order valence-electron chi connectivity index (χ4n) is 10.5. The van der Waals surface area contributed by atoms with E-state index in [0.29, 0.717) is 0 Å². The molecule has 6 heteroatoms. The maximum atomic E-state index is 2.58. The van der Waals surface area contributed by atoms with Gasteiger partial charge in [0.25, 0.3) is 0 Å². The van der Waals surface area contributed by atoms with E-state index in [0.717, 1.165) is 25.7 Å². The van der Waals surface area contributed by atoms with Crippen molar-refractivity contribution in [1.29, 1.82) is 0 Å². The Morgan fingerprint density at radius 2 is 0.405 bits per heavy atom. The van der Waals surface area contributed by atoms with Crippen molar-refractivity contribution in [3.05, 3.63) is 327 Å². The molecule has 8 aromatic rings. The first-order chi connectivity index (χ1) is 35.7. The Bertz CT molecular complexity index is 3070. The van der Waals surface area contributed by atoms with Crippen molar-refractivity contribution in [2.24, 2.45) is 0 Å². The maximum absolute atomic E-state index is 2.58. The Morgan fingerprint density at radius 1 is 0.230 bits per heavy atom. The quantitative estimate of drug-likeness (QED) is 0.108. The van der Waals surface area contributed by atoms with Crippen molar-refractivity contribution in [3.8, 4) is 0 Å². The summed E-state index contributed by atoms with van der Waals surface area (Å²) in [5.41, 5.74) is 9.19. The minimum atomic E-state index is -2.53. The second-order valence-electron chi connectivity index (χ2n) is 18.6. The van der Waals surface area contributed by atoms with E-state index >= 15 is 0 Å². The molecule has 0 spiro atoms. The number of hydrogen-bond donors (Lipinski definition) is 0. The molecule has 0 atom stereocenters. The van der Waals surface area contributed by atoms with E-state index in [1.807, 2.05) is 0 Å².